The van der Waals surface area contributed by atoms with E-state index in [-0.39, 0.29) is 54.5 Å². The van der Waals surface area contributed by atoms with Gasteiger partial charge in [-0.2, -0.15) is 0 Å². The molecular weight excluding hydrogens is 1570 g/mol. The van der Waals surface area contributed by atoms with Crippen molar-refractivity contribution in [3.63, 3.8) is 0 Å². The molecule has 3 aromatic carbocycles. The molecule has 8 heterocycles. The van der Waals surface area contributed by atoms with Crippen LogP contribution >= 0.6 is 18.6 Å². The van der Waals surface area contributed by atoms with Crippen LogP contribution in [0.25, 0.3) is 0 Å². The Morgan fingerprint density at radius 1 is 0.440 bits per heavy atom. The number of H-pyrrole nitrogens is 4. The van der Waals surface area contributed by atoms with Crippen LogP contribution in [0.2, 0.25) is 0 Å². The van der Waals surface area contributed by atoms with E-state index in [9.17, 15) is 58.1 Å². The summed E-state index contributed by atoms with van der Waals surface area (Å²) in [5, 5.41) is 11.0. The fraction of sp³-hybridized carbons (Fsp3) is 0.443. The summed E-state index contributed by atoms with van der Waals surface area (Å²) >= 11 is 7.68. The molecule has 0 bridgehead atoms. The predicted molar refractivity (Wildman–Crippen MR) is 360 cm³/mol. The Bertz CT molecular complexity index is 4750. The molecule has 0 amide bonds. The van der Waals surface area contributed by atoms with Gasteiger partial charge < -0.3 is 0 Å². The summed E-state index contributed by atoms with van der Waals surface area (Å²) in [4.78, 5) is 148. The number of aliphatic hydroxyl groups excluding tert-OH is 1. The van der Waals surface area contributed by atoms with Crippen molar-refractivity contribution in [1.82, 2.24) is 38.2 Å². The van der Waals surface area contributed by atoms with Gasteiger partial charge >= 0.3 is 579 Å². The van der Waals surface area contributed by atoms with Crippen LogP contribution in [0.5, 0.6) is 11.5 Å². The number of nitrogens with one attached hydrogen (secondary N) is 4. The van der Waals surface area contributed by atoms with Crippen molar-refractivity contribution in [2.75, 3.05) is 40.6 Å². The van der Waals surface area contributed by atoms with Gasteiger partial charge in [0.15, 0.2) is 0 Å². The van der Waals surface area contributed by atoms with Gasteiger partial charge in [0, 0.05) is 0 Å². The van der Waals surface area contributed by atoms with Crippen molar-refractivity contribution in [2.24, 2.45) is 0 Å². The number of ether oxygens (including phenoxy) is 7. The van der Waals surface area contributed by atoms with Crippen LogP contribution in [-0.2, 0) is 56.4 Å². The van der Waals surface area contributed by atoms with Crippen LogP contribution in [0.4, 0.5) is 0 Å². The number of rotatable bonds is 27. The Kier molecular flexibility index (Phi) is 23.6. The molecule has 0 spiro atoms. The van der Waals surface area contributed by atoms with Gasteiger partial charge in [0.25, 0.3) is 0 Å². The van der Waals surface area contributed by atoms with Gasteiger partial charge in [-0.15, -0.1) is 0 Å². The fourth-order valence-corrected chi connectivity index (χ4v) is 18.1. The number of aromatic amines is 4. The zero-order valence-electron chi connectivity index (χ0n) is 54.1. The molecule has 15 atom stereocenters. The zero-order chi connectivity index (χ0) is 71.8. The molecule has 0 saturated carbocycles. The Morgan fingerprint density at radius 2 is 0.730 bits per heavy atom. The average molecular weight is 1650 g/mol. The van der Waals surface area contributed by atoms with Gasteiger partial charge in [-0.05, 0) is 0 Å². The Balaban J connectivity index is 0.831. The molecule has 33 nitrogen and oxygen atoms in total. The van der Waals surface area contributed by atoms with Crippen LogP contribution in [0.1, 0.15) is 89.5 Å². The maximum absolute atomic E-state index is 13.5. The van der Waals surface area contributed by atoms with Gasteiger partial charge in [-0.25, -0.2) is 0 Å². The molecule has 8 N–H and O–H groups in total. The molecule has 11 rings (SSSR count). The average Bonchev–Trinajstić information content (AvgIpc) is 0.964. The number of aryl methyl sites for hydroxylation is 4. The van der Waals surface area contributed by atoms with Gasteiger partial charge in [0.2, 0.25) is 0 Å². The van der Waals surface area contributed by atoms with Crippen LogP contribution in [0, 0.1) is 27.7 Å². The molecular formula is C61H71N8O25P3Se3. The van der Waals surface area contributed by atoms with E-state index in [4.69, 9.17) is 60.3 Å². The second-order valence-electron chi connectivity index (χ2n) is 24.0. The quantitative estimate of drug-likeness (QED) is 0.0206. The van der Waals surface area contributed by atoms with Gasteiger partial charge in [0.1, 0.15) is 0 Å². The third-order valence-corrected chi connectivity index (χ3v) is 23.9. The summed E-state index contributed by atoms with van der Waals surface area (Å²) in [6, 6.07) is 24.0. The van der Waals surface area contributed by atoms with Crippen LogP contribution in [0.3, 0.4) is 0 Å². The first-order valence-electron chi connectivity index (χ1n) is 31.0. The van der Waals surface area contributed by atoms with Crippen molar-refractivity contribution in [2.45, 2.75) is 133 Å². The van der Waals surface area contributed by atoms with Crippen molar-refractivity contribution in [1.29, 1.82) is 0 Å². The third kappa shape index (κ3) is 17.2. The summed E-state index contributed by atoms with van der Waals surface area (Å²) < 4.78 is 85.1. The second kappa shape index (κ2) is 31.3. The van der Waals surface area contributed by atoms with E-state index in [0.717, 1.165) is 13.7 Å². The van der Waals surface area contributed by atoms with Crippen molar-refractivity contribution in [3.05, 3.63) is 226 Å². The molecule has 4 fully saturated rings. The molecule has 4 saturated heterocycles. The number of aromatic nitrogens is 8. The minimum atomic E-state index is -4.26. The number of methoxy groups -OCH3 is 2. The predicted octanol–water partition coefficient (Wildman–Crippen LogP) is 1.68. The summed E-state index contributed by atoms with van der Waals surface area (Å²) in [6.45, 7) is 4.00. The maximum atomic E-state index is 13.5. The minimum absolute atomic E-state index is 0.0860. The van der Waals surface area contributed by atoms with E-state index in [0.29, 0.717) is 28.2 Å². The fourth-order valence-electron chi connectivity index (χ4n) is 12.0. The van der Waals surface area contributed by atoms with Crippen LogP contribution in [-0.4, -0.2) is 193 Å². The molecule has 4 aliphatic rings. The van der Waals surface area contributed by atoms with Crippen LogP contribution < -0.4 is 54.5 Å². The summed E-state index contributed by atoms with van der Waals surface area (Å²) in [5.41, 5.74) is -4.42. The standard InChI is InChI=1S/C61H71N8O25P3Se3/c1-32-24-66(57(75)62-53(32)71)49-20-41(70)45(88-49)29-85-95(79,98)93-43-22-51(68-26-34(3)55(73)64-59(68)77)90-47(43)31-87-97(81,100)94-44-23-52(69-27-35(4)56(74)65-60(69)78)91-48(44)30-86-96(80,99)92-42-21-50(67-25-33(2)54(72)63-58(67)76)89-46(42)28-84-61(36-10-8-7-9-11-36,37-12-16-39(82-5)17-13-37)38-14-18-40(83-6)19-15-38/h7-19,24-27,41-52,70H,20-23,28-31H2,1-6H3,(H,79,98)(H,80,99)(H,81,100)(H,62,71,75)(H,63,72,76)(H,64,73,77)(H,65,74,78)/t41-,42-,43-,44-,45+,46+,47+,48+,49+,50+,51+,52+,95?,96?,97?/m0/s1. The summed E-state index contributed by atoms with van der Waals surface area (Å²) in [6.07, 6.45) is -22.2. The normalized spacial score (nSPS) is 25.7. The van der Waals surface area contributed by atoms with E-state index in [1.807, 2.05) is 54.6 Å². The molecule has 0 radical (unpaired) electrons. The first-order valence-corrected chi connectivity index (χ1v) is 42.3. The molecule has 4 aromatic heterocycles. The third-order valence-electron chi connectivity index (χ3n) is 17.2. The first-order chi connectivity index (χ1) is 47.4. The van der Waals surface area contributed by atoms with Gasteiger partial charge in [0.05, 0.1) is 14.2 Å². The molecule has 3 unspecified atom stereocenters. The van der Waals surface area contributed by atoms with Crippen LogP contribution in [0.15, 0.2) is 142 Å². The Hall–Kier alpha value is -5.77. The van der Waals surface area contributed by atoms with Crippen molar-refractivity contribution >= 4 is 63.9 Å². The first kappa shape index (κ1) is 75.4. The van der Waals surface area contributed by atoms with Crippen molar-refractivity contribution in [3.8, 4) is 11.5 Å². The molecule has 39 heteroatoms. The summed E-state index contributed by atoms with van der Waals surface area (Å²) in [5.74, 6) is 1.16. The number of aliphatic hydroxyl groups is 1. The Labute approximate surface area is 589 Å². The van der Waals surface area contributed by atoms with E-state index < -0.39 is 163 Å². The van der Waals surface area contributed by atoms with Gasteiger partial charge in [-0.1, -0.05) is 0 Å². The van der Waals surface area contributed by atoms with E-state index in [1.54, 1.807) is 38.5 Å². The number of benzene rings is 3. The van der Waals surface area contributed by atoms with E-state index >= 15 is 0 Å². The molecule has 100 heavy (non-hydrogen) atoms. The summed E-state index contributed by atoms with van der Waals surface area (Å²) in [7, 11) is 3.10. The molecule has 4 aliphatic heterocycles. The second-order valence-corrected chi connectivity index (χ2v) is 36.9. The molecule has 0 aliphatic carbocycles. The zero-order valence-corrected chi connectivity index (χ0v) is 61.9. The van der Waals surface area contributed by atoms with E-state index in [2.05, 4.69) is 65.2 Å². The topological polar surface area (TPSA) is 420 Å². The number of hydrogen-bond donors (Lipinski definition) is 8. The number of nitrogens with zero attached hydrogens (tertiary/aromatic N) is 4. The van der Waals surface area contributed by atoms with E-state index in [1.165, 1.54) is 57.0 Å². The molecule has 538 valence electrons. The molecule has 7 aromatic rings. The van der Waals surface area contributed by atoms with Crippen molar-refractivity contribution < 1.29 is 80.1 Å². The monoisotopic (exact) mass is 1650 g/mol. The van der Waals surface area contributed by atoms with Gasteiger partial charge in [-0.3, -0.25) is 0 Å². The number of hydrogen-bond acceptors (Lipinski definition) is 25. The SMILES string of the molecule is COc1ccc(C(OC[C@H]2O[C@@H](n3cc(C)c(=O)[nH]c3=O)C[C@@H]2OP(O)(=[Se])OC[C@H]2O[C@@H](n3cc(C)c(=O)[nH]c3=O)C[C@@H]2OP(O)(=[Se])OC[C@H]2O[C@@H](n3cc(C)c(=O)[nH]c3=O)C[C@@H]2OP(O)(=[Se])OC[C@H]2O[C@@H](n3cc(C)c(=O)[nH]c3=O)C[C@@H]2O)(c2ccccc2)c2ccc(OC)cc2)cc1. The Morgan fingerprint density at radius 3 is 1.06 bits per heavy atom.